The Morgan fingerprint density at radius 3 is 2.25 bits per heavy atom. The summed E-state index contributed by atoms with van der Waals surface area (Å²) < 4.78 is 51.3. The Kier molecular flexibility index (Phi) is 6.80. The van der Waals surface area contributed by atoms with Gasteiger partial charge in [0, 0.05) is 15.4 Å². The quantitative estimate of drug-likeness (QED) is 0.409. The number of hydrogen-bond donors (Lipinski definition) is 0. The molecule has 0 saturated carbocycles. The Morgan fingerprint density at radius 1 is 1.25 bits per heavy atom. The largest absolute Gasteiger partial charge is 0.404 e. The second-order valence-electron chi connectivity index (χ2n) is 3.82. The summed E-state index contributed by atoms with van der Waals surface area (Å²) in [4.78, 5) is 0. The Balaban J connectivity index is 3.35. The van der Waals surface area contributed by atoms with E-state index in [1.54, 1.807) is 6.07 Å². The van der Waals surface area contributed by atoms with Gasteiger partial charge in [-0.05, 0) is 31.5 Å². The standard InChI is InChI=1S/C12H15Br2F2O3P/c1-3-18-20(17,19-4-2)12(15,16)10-7-9(8-13)5-6-11(10)14/h5-7H,3-4,8H2,1-2H3. The van der Waals surface area contributed by atoms with Crippen LogP contribution in [-0.4, -0.2) is 13.2 Å². The molecule has 1 aromatic carbocycles. The van der Waals surface area contributed by atoms with Crippen molar-refractivity contribution in [1.82, 2.24) is 0 Å². The molecule has 0 bridgehead atoms. The van der Waals surface area contributed by atoms with Gasteiger partial charge in [0.2, 0.25) is 0 Å². The van der Waals surface area contributed by atoms with Crippen LogP contribution in [0.2, 0.25) is 0 Å². The van der Waals surface area contributed by atoms with E-state index < -0.39 is 18.8 Å². The molecular formula is C12H15Br2F2O3P. The average molecular weight is 436 g/mol. The van der Waals surface area contributed by atoms with Crippen LogP contribution in [0.4, 0.5) is 8.78 Å². The van der Waals surface area contributed by atoms with E-state index in [1.165, 1.54) is 26.0 Å². The molecule has 1 aromatic rings. The summed E-state index contributed by atoms with van der Waals surface area (Å²) in [6, 6.07) is 4.45. The SMILES string of the molecule is CCOP(=O)(OCC)C(F)(F)c1cc(CBr)ccc1Br. The van der Waals surface area contributed by atoms with E-state index in [0.717, 1.165) is 0 Å². The second-order valence-corrected chi connectivity index (χ2v) is 7.31. The minimum Gasteiger partial charge on any atom is -0.304 e. The van der Waals surface area contributed by atoms with Crippen LogP contribution in [0.1, 0.15) is 25.0 Å². The fourth-order valence-corrected chi connectivity index (χ4v) is 4.13. The molecule has 0 aliphatic carbocycles. The monoisotopic (exact) mass is 434 g/mol. The van der Waals surface area contributed by atoms with E-state index in [-0.39, 0.29) is 17.7 Å². The Bertz CT molecular complexity index is 501. The molecule has 20 heavy (non-hydrogen) atoms. The lowest BCUT2D eigenvalue weighted by Gasteiger charge is -2.27. The van der Waals surface area contributed by atoms with Crippen LogP contribution in [0.3, 0.4) is 0 Å². The molecule has 0 unspecified atom stereocenters. The predicted octanol–water partition coefficient (Wildman–Crippen LogP) is 5.66. The molecule has 0 radical (unpaired) electrons. The maximum atomic E-state index is 14.6. The summed E-state index contributed by atoms with van der Waals surface area (Å²) in [7, 11) is -4.58. The topological polar surface area (TPSA) is 35.5 Å². The smallest absolute Gasteiger partial charge is 0.304 e. The summed E-state index contributed by atoms with van der Waals surface area (Å²) in [5.74, 6) is 0. The Morgan fingerprint density at radius 2 is 1.80 bits per heavy atom. The minimum absolute atomic E-state index is 0.122. The highest BCUT2D eigenvalue weighted by molar-refractivity contribution is 9.10. The van der Waals surface area contributed by atoms with E-state index in [0.29, 0.717) is 10.9 Å². The van der Waals surface area contributed by atoms with Gasteiger partial charge in [-0.1, -0.05) is 37.9 Å². The van der Waals surface area contributed by atoms with Crippen LogP contribution in [0.5, 0.6) is 0 Å². The van der Waals surface area contributed by atoms with Crippen LogP contribution in [0.25, 0.3) is 0 Å². The molecule has 3 nitrogen and oxygen atoms in total. The molecule has 0 heterocycles. The van der Waals surface area contributed by atoms with Gasteiger partial charge in [-0.3, -0.25) is 4.57 Å². The first-order chi connectivity index (χ1) is 9.32. The van der Waals surface area contributed by atoms with Gasteiger partial charge in [-0.25, -0.2) is 0 Å². The first-order valence-corrected chi connectivity index (χ1v) is 9.40. The minimum atomic E-state index is -4.58. The maximum absolute atomic E-state index is 14.6. The van der Waals surface area contributed by atoms with Gasteiger partial charge in [0.15, 0.2) is 0 Å². The molecular weight excluding hydrogens is 421 g/mol. The molecule has 0 N–H and O–H groups in total. The zero-order chi connectivity index (χ0) is 15.4. The highest BCUT2D eigenvalue weighted by Gasteiger charge is 2.55. The third kappa shape index (κ3) is 3.69. The summed E-state index contributed by atoms with van der Waals surface area (Å²) >= 11 is 6.27. The van der Waals surface area contributed by atoms with Crippen molar-refractivity contribution in [3.8, 4) is 0 Å². The number of alkyl halides is 3. The fourth-order valence-electron chi connectivity index (χ4n) is 1.57. The summed E-state index contributed by atoms with van der Waals surface area (Å²) in [6.07, 6.45) is 0. The highest BCUT2D eigenvalue weighted by Crippen LogP contribution is 2.67. The molecule has 0 aromatic heterocycles. The molecule has 0 saturated heterocycles. The molecule has 0 spiro atoms. The van der Waals surface area contributed by atoms with Crippen molar-refractivity contribution in [2.45, 2.75) is 24.8 Å². The summed E-state index contributed by atoms with van der Waals surface area (Å²) in [6.45, 7) is 2.74. The normalized spacial score (nSPS) is 12.7. The lowest BCUT2D eigenvalue weighted by atomic mass is 10.1. The van der Waals surface area contributed by atoms with Gasteiger partial charge in [0.1, 0.15) is 0 Å². The van der Waals surface area contributed by atoms with Gasteiger partial charge in [-0.2, -0.15) is 8.78 Å². The molecule has 0 fully saturated rings. The first kappa shape index (κ1) is 18.2. The highest BCUT2D eigenvalue weighted by atomic mass is 79.9. The second kappa shape index (κ2) is 7.45. The number of halogens is 4. The third-order valence-electron chi connectivity index (χ3n) is 2.45. The van der Waals surface area contributed by atoms with Gasteiger partial charge in [0.05, 0.1) is 13.2 Å². The van der Waals surface area contributed by atoms with Crippen LogP contribution >= 0.6 is 39.5 Å². The number of rotatable bonds is 7. The van der Waals surface area contributed by atoms with Crippen LogP contribution in [-0.2, 0) is 24.6 Å². The average Bonchev–Trinajstić information content (AvgIpc) is 2.39. The first-order valence-electron chi connectivity index (χ1n) is 5.94. The summed E-state index contributed by atoms with van der Waals surface area (Å²) in [5, 5.41) is 0.414. The maximum Gasteiger partial charge on any atom is 0.404 e. The molecule has 0 aliphatic heterocycles. The fraction of sp³-hybridized carbons (Fsp3) is 0.500. The van der Waals surface area contributed by atoms with Gasteiger partial charge >= 0.3 is 13.3 Å². The predicted molar refractivity (Wildman–Crippen MR) is 81.5 cm³/mol. The molecule has 0 atom stereocenters. The van der Waals surface area contributed by atoms with Crippen molar-refractivity contribution in [2.75, 3.05) is 13.2 Å². The van der Waals surface area contributed by atoms with Crippen molar-refractivity contribution >= 4 is 39.5 Å². The number of benzene rings is 1. The van der Waals surface area contributed by atoms with Crippen molar-refractivity contribution in [3.63, 3.8) is 0 Å². The van der Waals surface area contributed by atoms with Crippen LogP contribution < -0.4 is 0 Å². The Labute approximate surface area is 133 Å². The van der Waals surface area contributed by atoms with Gasteiger partial charge in [-0.15, -0.1) is 0 Å². The molecule has 0 aliphatic rings. The third-order valence-corrected chi connectivity index (χ3v) is 5.92. The lowest BCUT2D eigenvalue weighted by molar-refractivity contribution is 0.0354. The van der Waals surface area contributed by atoms with E-state index in [4.69, 9.17) is 9.05 Å². The van der Waals surface area contributed by atoms with Gasteiger partial charge in [0.25, 0.3) is 0 Å². The van der Waals surface area contributed by atoms with Crippen LogP contribution in [0.15, 0.2) is 22.7 Å². The molecule has 1 rings (SSSR count). The van der Waals surface area contributed by atoms with E-state index in [9.17, 15) is 13.3 Å². The van der Waals surface area contributed by atoms with E-state index in [2.05, 4.69) is 31.9 Å². The lowest BCUT2D eigenvalue weighted by Crippen LogP contribution is -2.19. The number of hydrogen-bond acceptors (Lipinski definition) is 3. The van der Waals surface area contributed by atoms with E-state index >= 15 is 0 Å². The van der Waals surface area contributed by atoms with Gasteiger partial charge < -0.3 is 9.05 Å². The van der Waals surface area contributed by atoms with Crippen molar-refractivity contribution in [1.29, 1.82) is 0 Å². The van der Waals surface area contributed by atoms with Crippen molar-refractivity contribution in [2.24, 2.45) is 0 Å². The molecule has 0 amide bonds. The van der Waals surface area contributed by atoms with E-state index in [1.807, 2.05) is 0 Å². The van der Waals surface area contributed by atoms with Crippen LogP contribution in [0, 0.1) is 0 Å². The summed E-state index contributed by atoms with van der Waals surface area (Å²) in [5.41, 5.74) is -3.49. The van der Waals surface area contributed by atoms with Crippen molar-refractivity contribution in [3.05, 3.63) is 33.8 Å². The molecule has 114 valence electrons. The Hall–Kier alpha value is 0.190. The zero-order valence-corrected chi connectivity index (χ0v) is 15.1. The molecule has 8 heteroatoms. The van der Waals surface area contributed by atoms with Crippen molar-refractivity contribution < 1.29 is 22.4 Å². The zero-order valence-electron chi connectivity index (χ0n) is 11.0.